The monoisotopic (exact) mass is 254 g/mol. The lowest BCUT2D eigenvalue weighted by Gasteiger charge is -2.32. The molecule has 0 radical (unpaired) electrons. The molecule has 0 spiro atoms. The molecule has 1 aromatic rings. The number of hydrogen-bond acceptors (Lipinski definition) is 3. The third kappa shape index (κ3) is 3.42. The molecule has 1 fully saturated rings. The van der Waals surface area contributed by atoms with Gasteiger partial charge in [-0.15, -0.1) is 0 Å². The molecule has 1 unspecified atom stereocenters. The van der Waals surface area contributed by atoms with Crippen molar-refractivity contribution in [2.45, 2.75) is 19.6 Å². The lowest BCUT2D eigenvalue weighted by atomic mass is 10.1. The zero-order valence-corrected chi connectivity index (χ0v) is 10.9. The van der Waals surface area contributed by atoms with Crippen molar-refractivity contribution in [1.29, 1.82) is 0 Å². The number of benzene rings is 1. The van der Waals surface area contributed by atoms with Crippen LogP contribution in [0.15, 0.2) is 18.2 Å². The summed E-state index contributed by atoms with van der Waals surface area (Å²) in [5.41, 5.74) is 8.21. The molecule has 0 amide bonds. The molecule has 1 aliphatic heterocycles. The van der Waals surface area contributed by atoms with E-state index in [4.69, 9.17) is 22.1 Å². The molecule has 1 saturated heterocycles. The van der Waals surface area contributed by atoms with Gasteiger partial charge in [0.15, 0.2) is 0 Å². The summed E-state index contributed by atoms with van der Waals surface area (Å²) in [5, 5.41) is 0.799. The molecule has 0 saturated carbocycles. The van der Waals surface area contributed by atoms with E-state index in [-0.39, 0.29) is 6.10 Å². The normalized spacial score (nSPS) is 21.7. The second-order valence-electron chi connectivity index (χ2n) is 4.53. The first-order valence-corrected chi connectivity index (χ1v) is 6.36. The van der Waals surface area contributed by atoms with Crippen molar-refractivity contribution in [3.05, 3.63) is 34.3 Å². The average Bonchev–Trinajstić information content (AvgIpc) is 2.33. The highest BCUT2D eigenvalue weighted by atomic mass is 35.5. The lowest BCUT2D eigenvalue weighted by Crippen LogP contribution is -2.45. The number of hydrogen-bond donors (Lipinski definition) is 1. The van der Waals surface area contributed by atoms with Gasteiger partial charge in [0, 0.05) is 31.2 Å². The Morgan fingerprint density at radius 2 is 2.35 bits per heavy atom. The van der Waals surface area contributed by atoms with Gasteiger partial charge in [0.2, 0.25) is 0 Å². The molecule has 1 heterocycles. The van der Waals surface area contributed by atoms with Crippen LogP contribution in [0.4, 0.5) is 0 Å². The summed E-state index contributed by atoms with van der Waals surface area (Å²) in [6, 6.07) is 6.06. The minimum absolute atomic E-state index is 0.177. The van der Waals surface area contributed by atoms with Crippen molar-refractivity contribution in [2.24, 2.45) is 5.73 Å². The summed E-state index contributed by atoms with van der Waals surface area (Å²) in [7, 11) is 0. The van der Waals surface area contributed by atoms with Gasteiger partial charge in [0.25, 0.3) is 0 Å². The van der Waals surface area contributed by atoms with Gasteiger partial charge < -0.3 is 10.5 Å². The standard InChI is InChI=1S/C13H19ClN2O/c1-10-6-12(14)3-2-11(10)8-16-4-5-17-13(7-15)9-16/h2-3,6,13H,4-5,7-9,15H2,1H3. The van der Waals surface area contributed by atoms with Crippen LogP contribution in [0.5, 0.6) is 0 Å². The predicted molar refractivity (Wildman–Crippen MR) is 70.3 cm³/mol. The smallest absolute Gasteiger partial charge is 0.0824 e. The van der Waals surface area contributed by atoms with E-state index in [0.29, 0.717) is 6.54 Å². The summed E-state index contributed by atoms with van der Waals surface area (Å²) < 4.78 is 5.56. The van der Waals surface area contributed by atoms with Crippen LogP contribution in [0, 0.1) is 6.92 Å². The van der Waals surface area contributed by atoms with Crippen LogP contribution in [0.1, 0.15) is 11.1 Å². The van der Waals surface area contributed by atoms with E-state index in [2.05, 4.69) is 17.9 Å². The van der Waals surface area contributed by atoms with Gasteiger partial charge in [-0.1, -0.05) is 17.7 Å². The topological polar surface area (TPSA) is 38.5 Å². The van der Waals surface area contributed by atoms with Gasteiger partial charge >= 0.3 is 0 Å². The fourth-order valence-electron chi connectivity index (χ4n) is 2.14. The molecule has 94 valence electrons. The van der Waals surface area contributed by atoms with E-state index >= 15 is 0 Å². The van der Waals surface area contributed by atoms with Crippen LogP contribution >= 0.6 is 11.6 Å². The minimum Gasteiger partial charge on any atom is -0.374 e. The Morgan fingerprint density at radius 3 is 3.06 bits per heavy atom. The van der Waals surface area contributed by atoms with E-state index in [1.807, 2.05) is 12.1 Å². The van der Waals surface area contributed by atoms with E-state index < -0.39 is 0 Å². The molecule has 1 aromatic carbocycles. The average molecular weight is 255 g/mol. The molecule has 1 atom stereocenters. The van der Waals surface area contributed by atoms with Gasteiger partial charge in [-0.3, -0.25) is 4.90 Å². The molecule has 0 aliphatic carbocycles. The van der Waals surface area contributed by atoms with Crippen molar-refractivity contribution < 1.29 is 4.74 Å². The van der Waals surface area contributed by atoms with Gasteiger partial charge in [-0.05, 0) is 30.2 Å². The SMILES string of the molecule is Cc1cc(Cl)ccc1CN1CCOC(CN)C1. The van der Waals surface area contributed by atoms with Crippen LogP contribution in [0.2, 0.25) is 5.02 Å². The van der Waals surface area contributed by atoms with Crippen LogP contribution < -0.4 is 5.73 Å². The van der Waals surface area contributed by atoms with Crippen LogP contribution in [0.25, 0.3) is 0 Å². The van der Waals surface area contributed by atoms with Crippen molar-refractivity contribution in [1.82, 2.24) is 4.90 Å². The van der Waals surface area contributed by atoms with Crippen LogP contribution in [0.3, 0.4) is 0 Å². The summed E-state index contributed by atoms with van der Waals surface area (Å²) in [6.07, 6.45) is 0.177. The Balaban J connectivity index is 2.00. The van der Waals surface area contributed by atoms with E-state index in [9.17, 15) is 0 Å². The number of morpholine rings is 1. The number of ether oxygens (including phenoxy) is 1. The highest BCUT2D eigenvalue weighted by molar-refractivity contribution is 6.30. The summed E-state index contributed by atoms with van der Waals surface area (Å²) >= 11 is 5.96. The van der Waals surface area contributed by atoms with Crippen molar-refractivity contribution in [3.63, 3.8) is 0 Å². The first kappa shape index (κ1) is 12.8. The fourth-order valence-corrected chi connectivity index (χ4v) is 2.37. The molecule has 1 aliphatic rings. The zero-order chi connectivity index (χ0) is 12.3. The number of aryl methyl sites for hydroxylation is 1. The van der Waals surface area contributed by atoms with E-state index in [1.165, 1.54) is 11.1 Å². The number of nitrogens with two attached hydrogens (primary N) is 1. The molecular formula is C13H19ClN2O. The van der Waals surface area contributed by atoms with Gasteiger partial charge in [-0.25, -0.2) is 0 Å². The molecule has 2 rings (SSSR count). The van der Waals surface area contributed by atoms with Crippen molar-refractivity contribution in [2.75, 3.05) is 26.2 Å². The zero-order valence-electron chi connectivity index (χ0n) is 10.2. The molecule has 0 bridgehead atoms. The lowest BCUT2D eigenvalue weighted by molar-refractivity contribution is -0.0261. The summed E-state index contributed by atoms with van der Waals surface area (Å²) in [6.45, 7) is 6.30. The first-order chi connectivity index (χ1) is 8.19. The molecule has 4 heteroatoms. The van der Waals surface area contributed by atoms with Crippen molar-refractivity contribution in [3.8, 4) is 0 Å². The maximum absolute atomic E-state index is 5.96. The van der Waals surface area contributed by atoms with E-state index in [1.54, 1.807) is 0 Å². The molecular weight excluding hydrogens is 236 g/mol. The quantitative estimate of drug-likeness (QED) is 0.894. The Hall–Kier alpha value is -0.610. The summed E-state index contributed by atoms with van der Waals surface area (Å²) in [5.74, 6) is 0. The Bertz CT molecular complexity index is 384. The second-order valence-corrected chi connectivity index (χ2v) is 4.97. The largest absolute Gasteiger partial charge is 0.374 e. The van der Waals surface area contributed by atoms with Crippen LogP contribution in [-0.2, 0) is 11.3 Å². The fraction of sp³-hybridized carbons (Fsp3) is 0.538. The highest BCUT2D eigenvalue weighted by Crippen LogP contribution is 2.18. The van der Waals surface area contributed by atoms with Gasteiger partial charge in [-0.2, -0.15) is 0 Å². The Labute approximate surface area is 107 Å². The van der Waals surface area contributed by atoms with Gasteiger partial charge in [0.05, 0.1) is 12.7 Å². The molecule has 3 nitrogen and oxygen atoms in total. The second kappa shape index (κ2) is 5.83. The third-order valence-electron chi connectivity index (χ3n) is 3.18. The number of nitrogens with zero attached hydrogens (tertiary/aromatic N) is 1. The summed E-state index contributed by atoms with van der Waals surface area (Å²) in [4.78, 5) is 2.39. The van der Waals surface area contributed by atoms with Crippen molar-refractivity contribution >= 4 is 11.6 Å². The predicted octanol–water partition coefficient (Wildman–Crippen LogP) is 1.81. The third-order valence-corrected chi connectivity index (χ3v) is 3.42. The first-order valence-electron chi connectivity index (χ1n) is 5.98. The highest BCUT2D eigenvalue weighted by Gasteiger charge is 2.19. The maximum atomic E-state index is 5.96. The molecule has 17 heavy (non-hydrogen) atoms. The number of halogens is 1. The number of rotatable bonds is 3. The molecule has 2 N–H and O–H groups in total. The Kier molecular flexibility index (Phi) is 4.40. The maximum Gasteiger partial charge on any atom is 0.0824 e. The van der Waals surface area contributed by atoms with E-state index in [0.717, 1.165) is 31.3 Å². The van der Waals surface area contributed by atoms with Crippen LogP contribution in [-0.4, -0.2) is 37.2 Å². The Morgan fingerprint density at radius 1 is 1.53 bits per heavy atom. The minimum atomic E-state index is 0.177. The van der Waals surface area contributed by atoms with Gasteiger partial charge in [0.1, 0.15) is 0 Å². The molecule has 0 aromatic heterocycles.